The van der Waals surface area contributed by atoms with E-state index in [1.807, 2.05) is 0 Å². The minimum absolute atomic E-state index is 0.0257. The molecule has 11 heteroatoms. The van der Waals surface area contributed by atoms with Gasteiger partial charge in [0.2, 0.25) is 0 Å². The highest BCUT2D eigenvalue weighted by atomic mass is 19.4. The molecule has 0 N–H and O–H groups in total. The fraction of sp³-hybridized carbons (Fsp3) is 0.316. The van der Waals surface area contributed by atoms with Crippen molar-refractivity contribution in [3.63, 3.8) is 0 Å². The number of fused-ring (bicyclic) bond motifs is 1. The fourth-order valence-electron chi connectivity index (χ4n) is 2.75. The Hall–Kier alpha value is -3.34. The lowest BCUT2D eigenvalue weighted by Gasteiger charge is -2.13. The number of carbonyl (C=O) groups excluding carboxylic acids is 1. The SMILES string of the molecule is COCCOC(=O)c1cnn2c(C(F)(F)F)cc(-c3ccc(OC)c(OC)c3)nc12. The summed E-state index contributed by atoms with van der Waals surface area (Å²) in [7, 11) is 4.28. The van der Waals surface area contributed by atoms with Gasteiger partial charge in [0.1, 0.15) is 12.2 Å². The number of benzene rings is 1. The van der Waals surface area contributed by atoms with Gasteiger partial charge in [-0.3, -0.25) is 0 Å². The lowest BCUT2D eigenvalue weighted by atomic mass is 10.1. The molecule has 0 fully saturated rings. The van der Waals surface area contributed by atoms with Gasteiger partial charge < -0.3 is 18.9 Å². The van der Waals surface area contributed by atoms with Crippen molar-refractivity contribution in [3.8, 4) is 22.8 Å². The molecule has 8 nitrogen and oxygen atoms in total. The van der Waals surface area contributed by atoms with E-state index in [9.17, 15) is 18.0 Å². The molecule has 0 unspecified atom stereocenters. The van der Waals surface area contributed by atoms with Crippen LogP contribution in [0, 0.1) is 0 Å². The van der Waals surface area contributed by atoms with Gasteiger partial charge in [-0.15, -0.1) is 0 Å². The van der Waals surface area contributed by atoms with Crippen molar-refractivity contribution in [2.45, 2.75) is 6.18 Å². The maximum atomic E-state index is 13.7. The molecule has 2 aromatic heterocycles. The molecule has 0 radical (unpaired) electrons. The predicted octanol–water partition coefficient (Wildman–Crippen LogP) is 3.24. The molecule has 3 rings (SSSR count). The first kappa shape index (κ1) is 21.4. The van der Waals surface area contributed by atoms with Crippen LogP contribution in [0.4, 0.5) is 13.2 Å². The van der Waals surface area contributed by atoms with Crippen LogP contribution in [0.3, 0.4) is 0 Å². The highest BCUT2D eigenvalue weighted by Crippen LogP contribution is 2.35. The monoisotopic (exact) mass is 425 g/mol. The first-order chi connectivity index (χ1) is 14.3. The fourth-order valence-corrected chi connectivity index (χ4v) is 2.75. The standard InChI is InChI=1S/C19H18F3N3O5/c1-27-6-7-30-18(26)12-10-23-25-16(19(20,21)22)9-13(24-17(12)25)11-4-5-14(28-2)15(8-11)29-3/h4-5,8-10H,6-7H2,1-3H3. The van der Waals surface area contributed by atoms with E-state index < -0.39 is 17.8 Å². The van der Waals surface area contributed by atoms with Crippen molar-refractivity contribution in [1.29, 1.82) is 0 Å². The molecule has 3 aromatic rings. The molecule has 0 aliphatic carbocycles. The Bertz CT molecular complexity index is 1070. The van der Waals surface area contributed by atoms with Gasteiger partial charge in [0.05, 0.1) is 32.7 Å². The topological polar surface area (TPSA) is 84.2 Å². The Morgan fingerprint density at radius 2 is 1.80 bits per heavy atom. The molecule has 1 aromatic carbocycles. The number of ether oxygens (including phenoxy) is 4. The summed E-state index contributed by atoms with van der Waals surface area (Å²) in [5, 5.41) is 3.69. The van der Waals surface area contributed by atoms with Gasteiger partial charge in [0.25, 0.3) is 0 Å². The van der Waals surface area contributed by atoms with E-state index in [-0.39, 0.29) is 30.1 Å². The summed E-state index contributed by atoms with van der Waals surface area (Å²) in [6.45, 7) is 0.0806. The molecule has 0 saturated carbocycles. The van der Waals surface area contributed by atoms with Crippen molar-refractivity contribution in [1.82, 2.24) is 14.6 Å². The molecule has 0 bridgehead atoms. The van der Waals surface area contributed by atoms with Crippen molar-refractivity contribution >= 4 is 11.6 Å². The third-order valence-corrected chi connectivity index (χ3v) is 4.18. The summed E-state index contributed by atoms with van der Waals surface area (Å²) >= 11 is 0. The first-order valence-corrected chi connectivity index (χ1v) is 8.64. The quantitative estimate of drug-likeness (QED) is 0.424. The largest absolute Gasteiger partial charge is 0.493 e. The van der Waals surface area contributed by atoms with Gasteiger partial charge in [0, 0.05) is 12.7 Å². The van der Waals surface area contributed by atoms with Crippen LogP contribution in [0.25, 0.3) is 16.9 Å². The average molecular weight is 425 g/mol. The second-order valence-corrected chi connectivity index (χ2v) is 6.02. The van der Waals surface area contributed by atoms with Crippen molar-refractivity contribution in [2.75, 3.05) is 34.5 Å². The van der Waals surface area contributed by atoms with Gasteiger partial charge in [-0.25, -0.2) is 14.3 Å². The Kier molecular flexibility index (Phi) is 6.11. The summed E-state index contributed by atoms with van der Waals surface area (Å²) < 4.78 is 61.7. The summed E-state index contributed by atoms with van der Waals surface area (Å²) in [5.41, 5.74) is -1.26. The Morgan fingerprint density at radius 3 is 2.43 bits per heavy atom. The van der Waals surface area contributed by atoms with Crippen LogP contribution in [0.1, 0.15) is 16.1 Å². The Morgan fingerprint density at radius 1 is 1.07 bits per heavy atom. The van der Waals surface area contributed by atoms with E-state index in [0.717, 1.165) is 12.3 Å². The van der Waals surface area contributed by atoms with Crippen molar-refractivity contribution < 1.29 is 36.9 Å². The highest BCUT2D eigenvalue weighted by molar-refractivity contribution is 5.96. The van der Waals surface area contributed by atoms with E-state index in [2.05, 4.69) is 10.1 Å². The number of hydrogen-bond acceptors (Lipinski definition) is 7. The van der Waals surface area contributed by atoms with Crippen LogP contribution in [0.15, 0.2) is 30.5 Å². The maximum Gasteiger partial charge on any atom is 0.433 e. The normalized spacial score (nSPS) is 11.5. The van der Waals surface area contributed by atoms with Gasteiger partial charge in [-0.1, -0.05) is 0 Å². The number of nitrogens with zero attached hydrogens (tertiary/aromatic N) is 3. The predicted molar refractivity (Wildman–Crippen MR) is 98.7 cm³/mol. The number of hydrogen-bond donors (Lipinski definition) is 0. The van der Waals surface area contributed by atoms with Crippen LogP contribution in [0.2, 0.25) is 0 Å². The molecule has 0 atom stereocenters. The maximum absolute atomic E-state index is 13.7. The molecule has 0 amide bonds. The molecular weight excluding hydrogens is 407 g/mol. The number of aromatic nitrogens is 3. The second-order valence-electron chi connectivity index (χ2n) is 6.02. The summed E-state index contributed by atoms with van der Waals surface area (Å²) in [6.07, 6.45) is -3.75. The minimum Gasteiger partial charge on any atom is -0.493 e. The zero-order valence-electron chi connectivity index (χ0n) is 16.3. The van der Waals surface area contributed by atoms with E-state index in [4.69, 9.17) is 18.9 Å². The van der Waals surface area contributed by atoms with E-state index in [0.29, 0.717) is 21.6 Å². The second kappa shape index (κ2) is 8.57. The number of carbonyl (C=O) groups is 1. The third kappa shape index (κ3) is 4.15. The highest BCUT2D eigenvalue weighted by Gasteiger charge is 2.36. The number of alkyl halides is 3. The molecule has 0 spiro atoms. The van der Waals surface area contributed by atoms with Gasteiger partial charge in [0.15, 0.2) is 22.8 Å². The zero-order chi connectivity index (χ0) is 21.9. The van der Waals surface area contributed by atoms with Crippen LogP contribution >= 0.6 is 0 Å². The Balaban J connectivity index is 2.16. The molecule has 0 aliphatic heterocycles. The number of methoxy groups -OCH3 is 3. The average Bonchev–Trinajstić information content (AvgIpc) is 3.15. The molecular formula is C19H18F3N3O5. The van der Waals surface area contributed by atoms with Crippen LogP contribution in [0.5, 0.6) is 11.5 Å². The van der Waals surface area contributed by atoms with Crippen LogP contribution in [-0.4, -0.2) is 55.1 Å². The van der Waals surface area contributed by atoms with Gasteiger partial charge in [-0.05, 0) is 24.3 Å². The number of rotatable bonds is 7. The Labute approximate surface area is 169 Å². The van der Waals surface area contributed by atoms with E-state index >= 15 is 0 Å². The molecule has 0 aliphatic rings. The third-order valence-electron chi connectivity index (χ3n) is 4.18. The number of halogens is 3. The summed E-state index contributed by atoms with van der Waals surface area (Å²) in [5.74, 6) is -0.129. The molecule has 2 heterocycles. The molecule has 30 heavy (non-hydrogen) atoms. The first-order valence-electron chi connectivity index (χ1n) is 8.64. The zero-order valence-corrected chi connectivity index (χ0v) is 16.3. The van der Waals surface area contributed by atoms with Gasteiger partial charge >= 0.3 is 12.1 Å². The minimum atomic E-state index is -4.74. The van der Waals surface area contributed by atoms with Gasteiger partial charge in [-0.2, -0.15) is 18.3 Å². The summed E-state index contributed by atoms with van der Waals surface area (Å²) in [6, 6.07) is 5.42. The lowest BCUT2D eigenvalue weighted by molar-refractivity contribution is -0.142. The molecule has 0 saturated heterocycles. The van der Waals surface area contributed by atoms with Crippen molar-refractivity contribution in [3.05, 3.63) is 41.7 Å². The lowest BCUT2D eigenvalue weighted by Crippen LogP contribution is -2.15. The van der Waals surface area contributed by atoms with Crippen molar-refractivity contribution in [2.24, 2.45) is 0 Å². The number of esters is 1. The summed E-state index contributed by atoms with van der Waals surface area (Å²) in [4.78, 5) is 16.5. The van der Waals surface area contributed by atoms with Crippen LogP contribution in [-0.2, 0) is 15.7 Å². The smallest absolute Gasteiger partial charge is 0.433 e. The van der Waals surface area contributed by atoms with E-state index in [1.54, 1.807) is 6.07 Å². The molecule has 160 valence electrons. The van der Waals surface area contributed by atoms with E-state index in [1.165, 1.54) is 33.5 Å². The van der Waals surface area contributed by atoms with Crippen LogP contribution < -0.4 is 9.47 Å².